The van der Waals surface area contributed by atoms with Crippen LogP contribution in [0, 0.1) is 5.92 Å². The number of hydrogen-bond acceptors (Lipinski definition) is 0. The maximum atomic E-state index is 2.46. The fraction of sp³-hybridized carbons (Fsp3) is 1.00. The zero-order valence-corrected chi connectivity index (χ0v) is 7.49. The van der Waals surface area contributed by atoms with Gasteiger partial charge in [0.1, 0.15) is 0 Å². The van der Waals surface area contributed by atoms with E-state index in [-0.39, 0.29) is 10.0 Å². The van der Waals surface area contributed by atoms with E-state index >= 15 is 0 Å². The summed E-state index contributed by atoms with van der Waals surface area (Å²) in [6.45, 7) is 2.46. The van der Waals surface area contributed by atoms with E-state index in [0.29, 0.717) is 0 Å². The summed E-state index contributed by atoms with van der Waals surface area (Å²) in [5, 5.41) is 2.55. The minimum absolute atomic E-state index is 0.108. The van der Waals surface area contributed by atoms with Crippen molar-refractivity contribution in [3.8, 4) is 0 Å². The predicted octanol–water partition coefficient (Wildman–Crippen LogP) is 2.38. The molecular weight excluding hydrogens is 140 g/mol. The standard InChI is InChI=1S/C9H16S/c1-7-4-9-6-10(9,5-7)8-2-3-8/h7-9H,2-6H2,1H3. The van der Waals surface area contributed by atoms with Crippen LogP contribution >= 0.6 is 10.0 Å². The van der Waals surface area contributed by atoms with E-state index in [1.54, 1.807) is 30.8 Å². The van der Waals surface area contributed by atoms with Gasteiger partial charge in [-0.3, -0.25) is 0 Å². The van der Waals surface area contributed by atoms with Crippen molar-refractivity contribution in [3.63, 3.8) is 0 Å². The summed E-state index contributed by atoms with van der Waals surface area (Å²) in [4.78, 5) is 0. The molecule has 3 atom stereocenters. The summed E-state index contributed by atoms with van der Waals surface area (Å²) in [7, 11) is 0.108. The smallest absolute Gasteiger partial charge is 0.00295 e. The molecule has 3 fully saturated rings. The first-order chi connectivity index (χ1) is 4.81. The lowest BCUT2D eigenvalue weighted by Gasteiger charge is -2.17. The Morgan fingerprint density at radius 1 is 1.10 bits per heavy atom. The van der Waals surface area contributed by atoms with Gasteiger partial charge in [-0.25, -0.2) is 10.0 Å². The largest absolute Gasteiger partial charge is 0.233 e. The van der Waals surface area contributed by atoms with E-state index < -0.39 is 0 Å². The second-order valence-electron chi connectivity index (χ2n) is 4.50. The molecule has 1 saturated carbocycles. The summed E-state index contributed by atoms with van der Waals surface area (Å²) in [5.41, 5.74) is 0. The minimum Gasteiger partial charge on any atom is -0.233 e. The minimum atomic E-state index is 0.108. The molecule has 0 nitrogen and oxygen atoms in total. The molecule has 0 amide bonds. The van der Waals surface area contributed by atoms with Crippen molar-refractivity contribution >= 4 is 10.0 Å². The Morgan fingerprint density at radius 2 is 1.90 bits per heavy atom. The van der Waals surface area contributed by atoms with Crippen molar-refractivity contribution < 1.29 is 0 Å². The van der Waals surface area contributed by atoms with Gasteiger partial charge >= 0.3 is 0 Å². The van der Waals surface area contributed by atoms with Gasteiger partial charge in [0.25, 0.3) is 0 Å². The zero-order chi connectivity index (χ0) is 6.77. The number of rotatable bonds is 1. The van der Waals surface area contributed by atoms with Gasteiger partial charge < -0.3 is 0 Å². The molecule has 0 spiro atoms. The van der Waals surface area contributed by atoms with Crippen LogP contribution in [-0.4, -0.2) is 22.0 Å². The van der Waals surface area contributed by atoms with Crippen LogP contribution in [0.5, 0.6) is 0 Å². The third-order valence-corrected chi connectivity index (χ3v) is 8.76. The number of fused-ring (bicyclic) bond motifs is 1. The predicted molar refractivity (Wildman–Crippen MR) is 47.9 cm³/mol. The maximum absolute atomic E-state index is 2.46. The normalized spacial score (nSPS) is 64.9. The highest BCUT2D eigenvalue weighted by molar-refractivity contribution is 8.40. The molecule has 0 bridgehead atoms. The highest BCUT2D eigenvalue weighted by Gasteiger charge is 2.61. The summed E-state index contributed by atoms with van der Waals surface area (Å²) in [6, 6.07) is 0. The van der Waals surface area contributed by atoms with Gasteiger partial charge in [-0.15, -0.1) is 0 Å². The van der Waals surface area contributed by atoms with Gasteiger partial charge in [-0.05, 0) is 47.2 Å². The highest BCUT2D eigenvalue weighted by atomic mass is 32.3. The van der Waals surface area contributed by atoms with Crippen molar-refractivity contribution in [2.24, 2.45) is 5.92 Å². The third kappa shape index (κ3) is 0.603. The van der Waals surface area contributed by atoms with Crippen LogP contribution in [0.25, 0.3) is 0 Å². The van der Waals surface area contributed by atoms with Crippen molar-refractivity contribution in [1.29, 1.82) is 0 Å². The molecule has 3 aliphatic rings. The van der Waals surface area contributed by atoms with Gasteiger partial charge in [0.05, 0.1) is 0 Å². The van der Waals surface area contributed by atoms with Gasteiger partial charge in [0.15, 0.2) is 0 Å². The summed E-state index contributed by atoms with van der Waals surface area (Å²) < 4.78 is 0. The Kier molecular flexibility index (Phi) is 0.934. The molecule has 3 unspecified atom stereocenters. The Morgan fingerprint density at radius 3 is 2.40 bits per heavy atom. The first-order valence-electron chi connectivity index (χ1n) is 4.58. The molecule has 2 heterocycles. The van der Waals surface area contributed by atoms with Gasteiger partial charge in [-0.1, -0.05) is 6.92 Å². The molecule has 0 radical (unpaired) electrons. The molecule has 2 saturated heterocycles. The van der Waals surface area contributed by atoms with E-state index in [2.05, 4.69) is 6.92 Å². The molecule has 58 valence electrons. The van der Waals surface area contributed by atoms with Crippen LogP contribution < -0.4 is 0 Å². The monoisotopic (exact) mass is 156 g/mol. The van der Waals surface area contributed by atoms with Crippen molar-refractivity contribution in [2.45, 2.75) is 36.7 Å². The Labute approximate surface area is 64.7 Å². The van der Waals surface area contributed by atoms with E-state index in [0.717, 1.165) is 5.92 Å². The van der Waals surface area contributed by atoms with E-state index in [9.17, 15) is 0 Å². The quantitative estimate of drug-likeness (QED) is 0.511. The summed E-state index contributed by atoms with van der Waals surface area (Å²) in [5.74, 6) is 4.47. The molecule has 10 heavy (non-hydrogen) atoms. The molecular formula is C9H16S. The lowest BCUT2D eigenvalue weighted by molar-refractivity contribution is 0.629. The molecule has 0 aromatic heterocycles. The lowest BCUT2D eigenvalue weighted by atomic mass is 10.1. The lowest BCUT2D eigenvalue weighted by Crippen LogP contribution is -1.99. The van der Waals surface area contributed by atoms with Crippen LogP contribution in [0.15, 0.2) is 0 Å². The summed E-state index contributed by atoms with van der Waals surface area (Å²) >= 11 is 0. The SMILES string of the molecule is CC1CC2CS2(C2CC2)C1. The highest BCUT2D eigenvalue weighted by Crippen LogP contribution is 2.82. The van der Waals surface area contributed by atoms with Crippen LogP contribution in [0.2, 0.25) is 0 Å². The van der Waals surface area contributed by atoms with Crippen molar-refractivity contribution in [2.75, 3.05) is 11.5 Å². The van der Waals surface area contributed by atoms with Crippen LogP contribution in [-0.2, 0) is 0 Å². The third-order valence-electron chi connectivity index (χ3n) is 3.49. The van der Waals surface area contributed by atoms with Crippen molar-refractivity contribution in [1.82, 2.24) is 0 Å². The first-order valence-corrected chi connectivity index (χ1v) is 6.67. The summed E-state index contributed by atoms with van der Waals surface area (Å²) in [6.07, 6.45) is 4.82. The van der Waals surface area contributed by atoms with Gasteiger partial charge in [-0.2, -0.15) is 0 Å². The van der Waals surface area contributed by atoms with E-state index in [1.807, 2.05) is 0 Å². The van der Waals surface area contributed by atoms with Gasteiger partial charge in [0, 0.05) is 0 Å². The fourth-order valence-corrected chi connectivity index (χ4v) is 8.65. The molecule has 3 rings (SSSR count). The molecule has 0 aromatic carbocycles. The molecule has 1 heteroatoms. The maximum Gasteiger partial charge on any atom is -0.00295 e. The topological polar surface area (TPSA) is 0 Å². The van der Waals surface area contributed by atoms with Crippen molar-refractivity contribution in [3.05, 3.63) is 0 Å². The van der Waals surface area contributed by atoms with E-state index in [4.69, 9.17) is 0 Å². The average Bonchev–Trinajstić information content (AvgIpc) is 2.70. The Balaban J connectivity index is 1.82. The molecule has 2 aliphatic heterocycles. The average molecular weight is 156 g/mol. The first kappa shape index (κ1) is 5.93. The van der Waals surface area contributed by atoms with E-state index in [1.165, 1.54) is 10.5 Å². The second-order valence-corrected chi connectivity index (χ2v) is 8.52. The van der Waals surface area contributed by atoms with Crippen LogP contribution in [0.1, 0.15) is 26.2 Å². The second kappa shape index (κ2) is 1.57. The van der Waals surface area contributed by atoms with Crippen LogP contribution in [0.4, 0.5) is 0 Å². The number of hydrogen-bond donors (Lipinski definition) is 0. The Hall–Kier alpha value is 0.350. The molecule has 1 aliphatic carbocycles. The molecule has 0 N–H and O–H groups in total. The molecule has 0 aromatic rings. The van der Waals surface area contributed by atoms with Gasteiger partial charge in [0.2, 0.25) is 0 Å². The zero-order valence-electron chi connectivity index (χ0n) is 6.68. The Bertz CT molecular complexity index is 174. The fourth-order valence-electron chi connectivity index (χ4n) is 2.90. The van der Waals surface area contributed by atoms with Crippen LogP contribution in [0.3, 0.4) is 0 Å².